The van der Waals surface area contributed by atoms with Crippen molar-refractivity contribution in [3.63, 3.8) is 0 Å². The molecule has 0 radical (unpaired) electrons. The van der Waals surface area contributed by atoms with Crippen LogP contribution in [0.1, 0.15) is 16.2 Å². The third-order valence-electron chi connectivity index (χ3n) is 3.73. The highest BCUT2D eigenvalue weighted by Gasteiger charge is 2.13. The minimum atomic E-state index is -0.521. The topological polar surface area (TPSA) is 91.2 Å². The molecule has 0 N–H and O–H groups in total. The van der Waals surface area contributed by atoms with Crippen molar-refractivity contribution in [2.24, 2.45) is 0 Å². The number of oxazole rings is 1. The Balaban J connectivity index is 1.38. The van der Waals surface area contributed by atoms with Gasteiger partial charge in [0.05, 0.1) is 11.8 Å². The molecule has 0 amide bonds. The highest BCUT2D eigenvalue weighted by molar-refractivity contribution is 5.89. The Morgan fingerprint density at radius 2 is 1.78 bits per heavy atom. The monoisotopic (exact) mass is 365 g/mol. The van der Waals surface area contributed by atoms with Gasteiger partial charge in [0.1, 0.15) is 5.82 Å². The summed E-state index contributed by atoms with van der Waals surface area (Å²) in [4.78, 5) is 20.1. The van der Waals surface area contributed by atoms with Crippen molar-refractivity contribution in [1.29, 1.82) is 0 Å². The first kappa shape index (κ1) is 16.6. The normalized spacial score (nSPS) is 10.7. The van der Waals surface area contributed by atoms with Gasteiger partial charge in [-0.1, -0.05) is 17.3 Å². The van der Waals surface area contributed by atoms with Crippen LogP contribution in [-0.4, -0.2) is 21.1 Å². The van der Waals surface area contributed by atoms with Crippen molar-refractivity contribution in [2.75, 3.05) is 0 Å². The third-order valence-corrected chi connectivity index (χ3v) is 3.73. The lowest BCUT2D eigenvalue weighted by Crippen LogP contribution is -2.06. The Labute approximate surface area is 152 Å². The van der Waals surface area contributed by atoms with E-state index in [1.54, 1.807) is 30.5 Å². The van der Waals surface area contributed by atoms with Gasteiger partial charge in [-0.15, -0.1) is 0 Å². The molecule has 0 aliphatic rings. The molecular formula is C19H12FN3O4. The number of esters is 1. The van der Waals surface area contributed by atoms with E-state index < -0.39 is 5.97 Å². The van der Waals surface area contributed by atoms with Crippen molar-refractivity contribution in [3.8, 4) is 22.8 Å². The summed E-state index contributed by atoms with van der Waals surface area (Å²) in [5, 5.41) is 3.75. The van der Waals surface area contributed by atoms with E-state index in [1.165, 1.54) is 30.7 Å². The third kappa shape index (κ3) is 3.74. The van der Waals surface area contributed by atoms with Gasteiger partial charge in [-0.2, -0.15) is 4.98 Å². The van der Waals surface area contributed by atoms with Crippen LogP contribution in [0.4, 0.5) is 4.39 Å². The SMILES string of the molecule is O=C(OCc1noc(-c2ccc(F)cc2)n1)c1ccc(-c2cnco2)cc1. The number of carbonyl (C=O) groups excluding carboxylic acids is 1. The van der Waals surface area contributed by atoms with Crippen LogP contribution in [-0.2, 0) is 11.3 Å². The molecule has 2 aromatic heterocycles. The van der Waals surface area contributed by atoms with E-state index >= 15 is 0 Å². The van der Waals surface area contributed by atoms with E-state index in [1.807, 2.05) is 0 Å². The molecule has 4 aromatic rings. The highest BCUT2D eigenvalue weighted by atomic mass is 19.1. The summed E-state index contributed by atoms with van der Waals surface area (Å²) in [6.07, 6.45) is 2.92. The lowest BCUT2D eigenvalue weighted by atomic mass is 10.1. The van der Waals surface area contributed by atoms with Crippen molar-refractivity contribution >= 4 is 5.97 Å². The van der Waals surface area contributed by atoms with Gasteiger partial charge in [0.2, 0.25) is 5.82 Å². The Hall–Kier alpha value is -3.81. The fourth-order valence-electron chi connectivity index (χ4n) is 2.36. The van der Waals surface area contributed by atoms with Gasteiger partial charge in [0.25, 0.3) is 5.89 Å². The molecule has 0 saturated carbocycles. The molecule has 0 unspecified atom stereocenters. The second-order valence-electron chi connectivity index (χ2n) is 5.54. The van der Waals surface area contributed by atoms with Crippen LogP contribution in [0, 0.1) is 5.82 Å². The largest absolute Gasteiger partial charge is 0.454 e. The van der Waals surface area contributed by atoms with E-state index in [2.05, 4.69) is 15.1 Å². The molecular weight excluding hydrogens is 353 g/mol. The summed E-state index contributed by atoms with van der Waals surface area (Å²) in [6.45, 7) is -0.145. The molecule has 0 bridgehead atoms. The number of rotatable bonds is 5. The maximum Gasteiger partial charge on any atom is 0.338 e. The summed E-state index contributed by atoms with van der Waals surface area (Å²) in [5.41, 5.74) is 1.75. The van der Waals surface area contributed by atoms with Crippen molar-refractivity contribution in [2.45, 2.75) is 6.61 Å². The molecule has 0 spiro atoms. The van der Waals surface area contributed by atoms with Crippen LogP contribution in [0.25, 0.3) is 22.8 Å². The fourth-order valence-corrected chi connectivity index (χ4v) is 2.36. The molecule has 2 heterocycles. The number of ether oxygens (including phenoxy) is 1. The predicted octanol–water partition coefficient (Wildman–Crippen LogP) is 3.89. The van der Waals surface area contributed by atoms with Crippen LogP contribution in [0.5, 0.6) is 0 Å². The van der Waals surface area contributed by atoms with Crippen LogP contribution in [0.2, 0.25) is 0 Å². The van der Waals surface area contributed by atoms with Gasteiger partial charge in [-0.25, -0.2) is 14.2 Å². The zero-order valence-electron chi connectivity index (χ0n) is 13.8. The zero-order chi connectivity index (χ0) is 18.6. The smallest absolute Gasteiger partial charge is 0.338 e. The number of hydrogen-bond donors (Lipinski definition) is 0. The van der Waals surface area contributed by atoms with E-state index in [-0.39, 0.29) is 24.1 Å². The summed E-state index contributed by atoms with van der Waals surface area (Å²) in [5.74, 6) is 0.155. The van der Waals surface area contributed by atoms with E-state index in [9.17, 15) is 9.18 Å². The zero-order valence-corrected chi connectivity index (χ0v) is 13.8. The number of carbonyl (C=O) groups is 1. The molecule has 2 aromatic carbocycles. The molecule has 0 aliphatic heterocycles. The quantitative estimate of drug-likeness (QED) is 0.496. The second kappa shape index (κ2) is 7.20. The van der Waals surface area contributed by atoms with Crippen molar-refractivity contribution < 1.29 is 22.9 Å². The van der Waals surface area contributed by atoms with Crippen LogP contribution >= 0.6 is 0 Å². The minimum absolute atomic E-state index is 0.145. The molecule has 4 rings (SSSR count). The Morgan fingerprint density at radius 3 is 2.48 bits per heavy atom. The molecule has 7 nitrogen and oxygen atoms in total. The Morgan fingerprint density at radius 1 is 1.04 bits per heavy atom. The summed E-state index contributed by atoms with van der Waals surface area (Å²) < 4.78 is 28.4. The molecule has 0 saturated heterocycles. The van der Waals surface area contributed by atoms with Gasteiger partial charge in [0, 0.05) is 11.1 Å². The van der Waals surface area contributed by atoms with Crippen molar-refractivity contribution in [1.82, 2.24) is 15.1 Å². The molecule has 0 atom stereocenters. The highest BCUT2D eigenvalue weighted by Crippen LogP contribution is 2.20. The van der Waals surface area contributed by atoms with Gasteiger partial charge in [-0.05, 0) is 36.4 Å². The van der Waals surface area contributed by atoms with E-state index in [0.717, 1.165) is 5.56 Å². The summed E-state index contributed by atoms with van der Waals surface area (Å²) in [7, 11) is 0. The Kier molecular flexibility index (Phi) is 4.44. The number of nitrogens with zero attached hydrogens (tertiary/aromatic N) is 3. The molecule has 8 heteroatoms. The summed E-state index contributed by atoms with van der Waals surface area (Å²) in [6, 6.07) is 12.4. The average molecular weight is 365 g/mol. The first-order chi connectivity index (χ1) is 13.2. The van der Waals surface area contributed by atoms with Crippen molar-refractivity contribution in [3.05, 3.63) is 78.3 Å². The minimum Gasteiger partial charge on any atom is -0.454 e. The molecule has 27 heavy (non-hydrogen) atoms. The van der Waals surface area contributed by atoms with Crippen LogP contribution < -0.4 is 0 Å². The number of aromatic nitrogens is 3. The lowest BCUT2D eigenvalue weighted by molar-refractivity contribution is 0.0459. The standard InChI is InChI=1S/C19H12FN3O4/c20-15-7-5-13(6-8-15)18-22-17(23-27-18)10-25-19(24)14-3-1-12(2-4-14)16-9-21-11-26-16/h1-9,11H,10H2. The van der Waals surface area contributed by atoms with Crippen LogP contribution in [0.15, 0.2) is 70.1 Å². The van der Waals surface area contributed by atoms with Gasteiger partial charge in [-0.3, -0.25) is 0 Å². The molecule has 0 aliphatic carbocycles. The number of benzene rings is 2. The number of halogens is 1. The fraction of sp³-hybridized carbons (Fsp3) is 0.0526. The molecule has 134 valence electrons. The van der Waals surface area contributed by atoms with Gasteiger partial charge < -0.3 is 13.7 Å². The first-order valence-electron chi connectivity index (χ1n) is 7.93. The maximum atomic E-state index is 13.0. The van der Waals surface area contributed by atoms with Gasteiger partial charge >= 0.3 is 5.97 Å². The number of hydrogen-bond acceptors (Lipinski definition) is 7. The molecule has 0 fully saturated rings. The lowest BCUT2D eigenvalue weighted by Gasteiger charge is -2.03. The Bertz CT molecular complexity index is 1040. The van der Waals surface area contributed by atoms with E-state index in [4.69, 9.17) is 13.7 Å². The first-order valence-corrected chi connectivity index (χ1v) is 7.93. The van der Waals surface area contributed by atoms with Crippen LogP contribution in [0.3, 0.4) is 0 Å². The predicted molar refractivity (Wildman–Crippen MR) is 90.8 cm³/mol. The second-order valence-corrected chi connectivity index (χ2v) is 5.54. The average Bonchev–Trinajstić information content (AvgIpc) is 3.39. The van der Waals surface area contributed by atoms with E-state index in [0.29, 0.717) is 16.9 Å². The van der Waals surface area contributed by atoms with Gasteiger partial charge in [0.15, 0.2) is 18.8 Å². The summed E-state index contributed by atoms with van der Waals surface area (Å²) >= 11 is 0. The maximum absolute atomic E-state index is 13.0.